The molecule has 0 aliphatic heterocycles. The van der Waals surface area contributed by atoms with E-state index in [9.17, 15) is 0 Å². The minimum absolute atomic E-state index is 0.475. The van der Waals surface area contributed by atoms with Gasteiger partial charge in [-0.2, -0.15) is 0 Å². The van der Waals surface area contributed by atoms with Gasteiger partial charge in [0.2, 0.25) is 5.88 Å². The summed E-state index contributed by atoms with van der Waals surface area (Å²) in [5, 5.41) is 0. The highest BCUT2D eigenvalue weighted by molar-refractivity contribution is 14.1. The zero-order chi connectivity index (χ0) is 12.3. The summed E-state index contributed by atoms with van der Waals surface area (Å²) in [6.07, 6.45) is 2.16. The molecule has 0 saturated carbocycles. The molecule has 0 unspecified atom stereocenters. The van der Waals surface area contributed by atoms with Crippen molar-refractivity contribution in [3.8, 4) is 11.6 Å². The van der Waals surface area contributed by atoms with Gasteiger partial charge in [-0.25, -0.2) is 9.97 Å². The summed E-state index contributed by atoms with van der Waals surface area (Å²) in [7, 11) is 0. The highest BCUT2D eigenvalue weighted by Gasteiger charge is 2.09. The first kappa shape index (κ1) is 12.1. The van der Waals surface area contributed by atoms with Gasteiger partial charge in [0.1, 0.15) is 17.9 Å². The van der Waals surface area contributed by atoms with E-state index in [4.69, 9.17) is 10.5 Å². The van der Waals surface area contributed by atoms with Gasteiger partial charge in [-0.05, 0) is 47.2 Å². The second kappa shape index (κ2) is 5.31. The molecule has 4 nitrogen and oxygen atoms in total. The fourth-order valence-electron chi connectivity index (χ4n) is 1.47. The molecule has 2 aromatic rings. The van der Waals surface area contributed by atoms with Crippen LogP contribution in [0.1, 0.15) is 12.5 Å². The van der Waals surface area contributed by atoms with E-state index in [1.54, 1.807) is 0 Å². The highest BCUT2D eigenvalue weighted by Crippen LogP contribution is 2.26. The average Bonchev–Trinajstić information content (AvgIpc) is 2.29. The Labute approximate surface area is 113 Å². The van der Waals surface area contributed by atoms with Crippen molar-refractivity contribution < 1.29 is 4.74 Å². The van der Waals surface area contributed by atoms with Gasteiger partial charge in [0.25, 0.3) is 0 Å². The molecule has 0 amide bonds. The van der Waals surface area contributed by atoms with E-state index in [0.717, 1.165) is 21.3 Å². The van der Waals surface area contributed by atoms with Gasteiger partial charge >= 0.3 is 0 Å². The molecule has 1 aromatic carbocycles. The molecule has 0 saturated heterocycles. The molecular formula is C12H12IN3O. The number of ether oxygens (including phenoxy) is 1. The summed E-state index contributed by atoms with van der Waals surface area (Å²) < 4.78 is 6.84. The number of halogens is 1. The van der Waals surface area contributed by atoms with Gasteiger partial charge in [0, 0.05) is 3.57 Å². The zero-order valence-corrected chi connectivity index (χ0v) is 11.5. The van der Waals surface area contributed by atoms with Crippen LogP contribution in [-0.2, 0) is 6.42 Å². The second-order valence-corrected chi connectivity index (χ2v) is 4.70. The van der Waals surface area contributed by atoms with Gasteiger partial charge in [0.05, 0.1) is 5.56 Å². The lowest BCUT2D eigenvalue weighted by molar-refractivity contribution is 0.455. The molecule has 0 fully saturated rings. The molecule has 0 radical (unpaired) electrons. The van der Waals surface area contributed by atoms with E-state index in [-0.39, 0.29) is 0 Å². The van der Waals surface area contributed by atoms with Crippen molar-refractivity contribution in [2.24, 2.45) is 0 Å². The molecular weight excluding hydrogens is 329 g/mol. The third-order valence-electron chi connectivity index (χ3n) is 2.30. The molecule has 0 bridgehead atoms. The Hall–Kier alpha value is -1.37. The number of hydrogen-bond donors (Lipinski definition) is 1. The lowest BCUT2D eigenvalue weighted by Gasteiger charge is -2.09. The van der Waals surface area contributed by atoms with Crippen molar-refractivity contribution in [3.63, 3.8) is 0 Å². The highest BCUT2D eigenvalue weighted by atomic mass is 127. The molecule has 1 aromatic heterocycles. The number of anilines is 1. The Balaban J connectivity index is 2.33. The van der Waals surface area contributed by atoms with Crippen LogP contribution >= 0.6 is 22.6 Å². The van der Waals surface area contributed by atoms with Crippen molar-refractivity contribution in [2.75, 3.05) is 5.73 Å². The molecule has 2 rings (SSSR count). The van der Waals surface area contributed by atoms with Gasteiger partial charge in [-0.3, -0.25) is 0 Å². The maximum Gasteiger partial charge on any atom is 0.227 e. The van der Waals surface area contributed by atoms with E-state index < -0.39 is 0 Å². The maximum absolute atomic E-state index is 5.78. The van der Waals surface area contributed by atoms with Gasteiger partial charge in [0.15, 0.2) is 0 Å². The number of benzene rings is 1. The van der Waals surface area contributed by atoms with E-state index in [2.05, 4.69) is 32.6 Å². The molecule has 17 heavy (non-hydrogen) atoms. The number of nitrogens with zero attached hydrogens (tertiary/aromatic N) is 2. The summed E-state index contributed by atoms with van der Waals surface area (Å²) in [6, 6.07) is 7.77. The topological polar surface area (TPSA) is 61.0 Å². The van der Waals surface area contributed by atoms with E-state index in [1.807, 2.05) is 31.2 Å². The normalized spacial score (nSPS) is 10.2. The minimum Gasteiger partial charge on any atom is -0.439 e. The standard InChI is InChI=1S/C12H12IN3O/c1-2-10-11(14)15-7-16-12(10)17-9-5-3-4-8(13)6-9/h3-7H,2H2,1H3,(H2,14,15,16). The largest absolute Gasteiger partial charge is 0.439 e. The Morgan fingerprint density at radius 2 is 2.18 bits per heavy atom. The molecule has 0 spiro atoms. The smallest absolute Gasteiger partial charge is 0.227 e. The first-order valence-corrected chi connectivity index (χ1v) is 6.31. The fraction of sp³-hybridized carbons (Fsp3) is 0.167. The van der Waals surface area contributed by atoms with Crippen molar-refractivity contribution in [1.82, 2.24) is 9.97 Å². The predicted molar refractivity (Wildman–Crippen MR) is 75.1 cm³/mol. The number of hydrogen-bond acceptors (Lipinski definition) is 4. The number of nitrogens with two attached hydrogens (primary N) is 1. The third kappa shape index (κ3) is 2.85. The van der Waals surface area contributed by atoms with Crippen LogP contribution in [0.15, 0.2) is 30.6 Å². The maximum atomic E-state index is 5.78. The van der Waals surface area contributed by atoms with Gasteiger partial charge in [-0.15, -0.1) is 0 Å². The van der Waals surface area contributed by atoms with Crippen LogP contribution in [0.25, 0.3) is 0 Å². The van der Waals surface area contributed by atoms with Crippen LogP contribution in [0.2, 0.25) is 0 Å². The average molecular weight is 341 g/mol. The Bertz CT molecular complexity index is 531. The lowest BCUT2D eigenvalue weighted by atomic mass is 10.2. The molecule has 5 heteroatoms. The quantitative estimate of drug-likeness (QED) is 0.872. The van der Waals surface area contributed by atoms with E-state index in [1.165, 1.54) is 6.33 Å². The Morgan fingerprint density at radius 3 is 2.88 bits per heavy atom. The molecule has 88 valence electrons. The Kier molecular flexibility index (Phi) is 3.78. The lowest BCUT2D eigenvalue weighted by Crippen LogP contribution is -2.01. The number of nitrogen functional groups attached to an aromatic ring is 1. The van der Waals surface area contributed by atoms with Crippen LogP contribution in [0.3, 0.4) is 0 Å². The predicted octanol–water partition coefficient (Wildman–Crippen LogP) is 3.02. The van der Waals surface area contributed by atoms with Crippen LogP contribution < -0.4 is 10.5 Å². The molecule has 0 aliphatic carbocycles. The van der Waals surface area contributed by atoms with Crippen molar-refractivity contribution in [2.45, 2.75) is 13.3 Å². The van der Waals surface area contributed by atoms with Crippen molar-refractivity contribution in [1.29, 1.82) is 0 Å². The van der Waals surface area contributed by atoms with Gasteiger partial charge < -0.3 is 10.5 Å². The summed E-state index contributed by atoms with van der Waals surface area (Å²) in [5.41, 5.74) is 6.62. The summed E-state index contributed by atoms with van der Waals surface area (Å²) in [6.45, 7) is 2.00. The van der Waals surface area contributed by atoms with Crippen LogP contribution in [0.4, 0.5) is 5.82 Å². The zero-order valence-electron chi connectivity index (χ0n) is 9.35. The summed E-state index contributed by atoms with van der Waals surface area (Å²) in [4.78, 5) is 8.07. The number of rotatable bonds is 3. The molecule has 2 N–H and O–H groups in total. The SMILES string of the molecule is CCc1c(N)ncnc1Oc1cccc(I)c1. The van der Waals surface area contributed by atoms with Crippen LogP contribution in [0.5, 0.6) is 11.6 Å². The van der Waals surface area contributed by atoms with Crippen LogP contribution in [0, 0.1) is 3.57 Å². The first-order chi connectivity index (χ1) is 8.20. The first-order valence-electron chi connectivity index (χ1n) is 5.23. The second-order valence-electron chi connectivity index (χ2n) is 3.46. The molecule has 0 aliphatic rings. The Morgan fingerprint density at radius 1 is 1.35 bits per heavy atom. The van der Waals surface area contributed by atoms with E-state index in [0.29, 0.717) is 11.7 Å². The van der Waals surface area contributed by atoms with Crippen LogP contribution in [-0.4, -0.2) is 9.97 Å². The summed E-state index contributed by atoms with van der Waals surface area (Å²) >= 11 is 2.24. The third-order valence-corrected chi connectivity index (χ3v) is 2.97. The van der Waals surface area contributed by atoms with E-state index >= 15 is 0 Å². The summed E-state index contributed by atoms with van der Waals surface area (Å²) in [5.74, 6) is 1.76. The molecule has 1 heterocycles. The van der Waals surface area contributed by atoms with Gasteiger partial charge in [-0.1, -0.05) is 13.0 Å². The monoisotopic (exact) mass is 341 g/mol. The molecule has 0 atom stereocenters. The van der Waals surface area contributed by atoms with Crippen molar-refractivity contribution >= 4 is 28.4 Å². The minimum atomic E-state index is 0.475. The number of aromatic nitrogens is 2. The fourth-order valence-corrected chi connectivity index (χ4v) is 1.99. The van der Waals surface area contributed by atoms with Crippen molar-refractivity contribution in [3.05, 3.63) is 39.7 Å².